The van der Waals surface area contributed by atoms with Crippen molar-refractivity contribution in [2.45, 2.75) is 26.8 Å². The van der Waals surface area contributed by atoms with Gasteiger partial charge in [-0.2, -0.15) is 0 Å². The number of fused-ring (bicyclic) bond motifs is 1. The maximum atomic E-state index is 3.45. The van der Waals surface area contributed by atoms with Crippen LogP contribution in [0.25, 0.3) is 5.57 Å². The Kier molecular flexibility index (Phi) is 1.87. The molecular weight excluding hydrogens is 158 g/mol. The molecule has 0 bridgehead atoms. The second kappa shape index (κ2) is 2.91. The average molecular weight is 173 g/mol. The Morgan fingerprint density at radius 3 is 2.77 bits per heavy atom. The van der Waals surface area contributed by atoms with E-state index in [1.54, 1.807) is 0 Å². The third kappa shape index (κ3) is 1.46. The Bertz CT molecular complexity index is 363. The van der Waals surface area contributed by atoms with Crippen molar-refractivity contribution in [3.05, 3.63) is 35.4 Å². The largest absolute Gasteiger partial charge is 0.379 e. The average Bonchev–Trinajstić information content (AvgIpc) is 2.02. The molecule has 1 N–H and O–H groups in total. The van der Waals surface area contributed by atoms with Crippen molar-refractivity contribution in [1.82, 2.24) is 0 Å². The molecule has 1 aromatic carbocycles. The number of rotatable bonds is 0. The Morgan fingerprint density at radius 1 is 1.23 bits per heavy atom. The van der Waals surface area contributed by atoms with Gasteiger partial charge in [-0.25, -0.2) is 0 Å². The van der Waals surface area contributed by atoms with Crippen molar-refractivity contribution in [1.29, 1.82) is 0 Å². The van der Waals surface area contributed by atoms with E-state index in [2.05, 4.69) is 50.4 Å². The Hall–Kier alpha value is -1.24. The number of anilines is 1. The molecule has 0 saturated carbocycles. The number of hydrogen-bond acceptors (Lipinski definition) is 1. The first-order valence-electron chi connectivity index (χ1n) is 4.73. The zero-order valence-electron chi connectivity index (χ0n) is 8.39. The minimum absolute atomic E-state index is 0.453. The molecule has 0 aromatic heterocycles. The van der Waals surface area contributed by atoms with Gasteiger partial charge in [0.05, 0.1) is 0 Å². The molecule has 1 heteroatoms. The maximum Gasteiger partial charge on any atom is 0.0423 e. The van der Waals surface area contributed by atoms with E-state index in [-0.39, 0.29) is 0 Å². The van der Waals surface area contributed by atoms with E-state index >= 15 is 0 Å². The molecule has 0 aliphatic carbocycles. The lowest BCUT2D eigenvalue weighted by Gasteiger charge is -2.22. The Morgan fingerprint density at radius 2 is 2.00 bits per heavy atom. The fraction of sp³-hybridized carbons (Fsp3) is 0.333. The highest BCUT2D eigenvalue weighted by atomic mass is 14.9. The molecule has 13 heavy (non-hydrogen) atoms. The molecule has 1 nitrogen and oxygen atoms in total. The maximum absolute atomic E-state index is 3.45. The molecule has 1 atom stereocenters. The third-order valence-electron chi connectivity index (χ3n) is 2.48. The van der Waals surface area contributed by atoms with Crippen LogP contribution in [-0.2, 0) is 0 Å². The van der Waals surface area contributed by atoms with Crippen LogP contribution in [0.5, 0.6) is 0 Å². The molecule has 0 unspecified atom stereocenters. The summed E-state index contributed by atoms with van der Waals surface area (Å²) < 4.78 is 0. The summed E-state index contributed by atoms with van der Waals surface area (Å²) in [6.07, 6.45) is 2.26. The minimum Gasteiger partial charge on any atom is -0.379 e. The molecule has 0 amide bonds. The van der Waals surface area contributed by atoms with E-state index in [0.29, 0.717) is 6.04 Å². The first-order valence-corrected chi connectivity index (χ1v) is 4.73. The monoisotopic (exact) mass is 173 g/mol. The van der Waals surface area contributed by atoms with Gasteiger partial charge in [0.1, 0.15) is 0 Å². The molecule has 1 heterocycles. The quantitative estimate of drug-likeness (QED) is 0.635. The zero-order chi connectivity index (χ0) is 9.42. The molecule has 1 aliphatic heterocycles. The number of benzene rings is 1. The molecule has 0 fully saturated rings. The lowest BCUT2D eigenvalue weighted by Crippen LogP contribution is -2.17. The van der Waals surface area contributed by atoms with Crippen LogP contribution in [0.1, 0.15) is 25.0 Å². The first-order chi connectivity index (χ1) is 6.16. The van der Waals surface area contributed by atoms with Crippen LogP contribution in [0.15, 0.2) is 24.3 Å². The number of allylic oxidation sites excluding steroid dienone is 1. The minimum atomic E-state index is 0.453. The molecule has 0 radical (unpaired) electrons. The number of nitrogens with one attached hydrogen (secondary N) is 1. The lowest BCUT2D eigenvalue weighted by molar-refractivity contribution is 0.983. The smallest absolute Gasteiger partial charge is 0.0423 e. The van der Waals surface area contributed by atoms with E-state index < -0.39 is 0 Å². The molecule has 68 valence electrons. The van der Waals surface area contributed by atoms with Crippen molar-refractivity contribution in [3.8, 4) is 0 Å². The van der Waals surface area contributed by atoms with Gasteiger partial charge in [-0.15, -0.1) is 0 Å². The van der Waals surface area contributed by atoms with E-state index in [4.69, 9.17) is 0 Å². The Labute approximate surface area is 79.5 Å². The highest BCUT2D eigenvalue weighted by Crippen LogP contribution is 2.29. The zero-order valence-corrected chi connectivity index (χ0v) is 8.39. The number of hydrogen-bond donors (Lipinski definition) is 1. The first kappa shape index (κ1) is 8.36. The molecule has 0 saturated heterocycles. The van der Waals surface area contributed by atoms with E-state index in [1.807, 2.05) is 0 Å². The van der Waals surface area contributed by atoms with Gasteiger partial charge in [-0.1, -0.05) is 18.2 Å². The topological polar surface area (TPSA) is 12.0 Å². The van der Waals surface area contributed by atoms with E-state index in [9.17, 15) is 0 Å². The summed E-state index contributed by atoms with van der Waals surface area (Å²) in [6.45, 7) is 6.47. The molecule has 1 aromatic rings. The highest BCUT2D eigenvalue weighted by Gasteiger charge is 2.12. The van der Waals surface area contributed by atoms with Crippen LogP contribution in [0.2, 0.25) is 0 Å². The summed E-state index contributed by atoms with van der Waals surface area (Å²) >= 11 is 0. The summed E-state index contributed by atoms with van der Waals surface area (Å²) in [6, 6.07) is 7.01. The fourth-order valence-corrected chi connectivity index (χ4v) is 1.87. The van der Waals surface area contributed by atoms with Crippen molar-refractivity contribution in [3.63, 3.8) is 0 Å². The summed E-state index contributed by atoms with van der Waals surface area (Å²) in [7, 11) is 0. The lowest BCUT2D eigenvalue weighted by atomic mass is 9.97. The van der Waals surface area contributed by atoms with E-state index in [1.165, 1.54) is 22.4 Å². The second-order valence-electron chi connectivity index (χ2n) is 3.83. The van der Waals surface area contributed by atoms with Gasteiger partial charge in [0.25, 0.3) is 0 Å². The number of aryl methyl sites for hydroxylation is 1. The van der Waals surface area contributed by atoms with Gasteiger partial charge in [-0.3, -0.25) is 0 Å². The highest BCUT2D eigenvalue weighted by molar-refractivity contribution is 5.79. The standard InChI is InChI=1S/C12H15N/c1-8-4-5-11-9(2)7-10(3)13-12(11)6-8/h4-7,10,13H,1-3H3/t10-/m0/s1. The third-order valence-corrected chi connectivity index (χ3v) is 2.48. The van der Waals surface area contributed by atoms with Gasteiger partial charge in [0.2, 0.25) is 0 Å². The van der Waals surface area contributed by atoms with Crippen molar-refractivity contribution < 1.29 is 0 Å². The van der Waals surface area contributed by atoms with Gasteiger partial charge >= 0.3 is 0 Å². The van der Waals surface area contributed by atoms with Gasteiger partial charge in [0.15, 0.2) is 0 Å². The second-order valence-corrected chi connectivity index (χ2v) is 3.83. The normalized spacial score (nSPS) is 20.2. The summed E-state index contributed by atoms with van der Waals surface area (Å²) in [5.41, 5.74) is 5.30. The van der Waals surface area contributed by atoms with Crippen LogP contribution < -0.4 is 5.32 Å². The molecule has 2 rings (SSSR count). The van der Waals surface area contributed by atoms with Crippen molar-refractivity contribution in [2.75, 3.05) is 5.32 Å². The summed E-state index contributed by atoms with van der Waals surface area (Å²) in [4.78, 5) is 0. The van der Waals surface area contributed by atoms with Crippen LogP contribution in [-0.4, -0.2) is 6.04 Å². The van der Waals surface area contributed by atoms with Gasteiger partial charge < -0.3 is 5.32 Å². The summed E-state index contributed by atoms with van der Waals surface area (Å²) in [5, 5.41) is 3.45. The molecule has 1 aliphatic rings. The van der Waals surface area contributed by atoms with Crippen LogP contribution in [0, 0.1) is 6.92 Å². The predicted molar refractivity (Wildman–Crippen MR) is 57.9 cm³/mol. The fourth-order valence-electron chi connectivity index (χ4n) is 1.87. The SMILES string of the molecule is CC1=C[C@H](C)Nc2cc(C)ccc21. The predicted octanol–water partition coefficient (Wildman–Crippen LogP) is 3.21. The van der Waals surface area contributed by atoms with Gasteiger partial charge in [-0.05, 0) is 38.0 Å². The summed E-state index contributed by atoms with van der Waals surface area (Å²) in [5.74, 6) is 0. The molecule has 0 spiro atoms. The van der Waals surface area contributed by atoms with E-state index in [0.717, 1.165) is 0 Å². The molecular formula is C12H15N. The van der Waals surface area contributed by atoms with Crippen LogP contribution in [0.3, 0.4) is 0 Å². The van der Waals surface area contributed by atoms with Crippen LogP contribution in [0.4, 0.5) is 5.69 Å². The van der Waals surface area contributed by atoms with Crippen LogP contribution >= 0.6 is 0 Å². The van der Waals surface area contributed by atoms with Crippen molar-refractivity contribution >= 4 is 11.3 Å². The van der Waals surface area contributed by atoms with Gasteiger partial charge in [0, 0.05) is 17.3 Å². The van der Waals surface area contributed by atoms with Crippen molar-refractivity contribution in [2.24, 2.45) is 0 Å². The Balaban J connectivity index is 2.54.